The fraction of sp³-hybridized carbons (Fsp3) is 0.222. The van der Waals surface area contributed by atoms with Crippen LogP contribution in [0, 0.1) is 23.0 Å². The van der Waals surface area contributed by atoms with Crippen LogP contribution >= 0.6 is 11.6 Å². The van der Waals surface area contributed by atoms with Gasteiger partial charge in [0.05, 0.1) is 12.5 Å². The average Bonchev–Trinajstić information content (AvgIpc) is 2.11. The Labute approximate surface area is 84.9 Å². The van der Waals surface area contributed by atoms with Gasteiger partial charge in [-0.2, -0.15) is 5.26 Å². The van der Waals surface area contributed by atoms with E-state index in [2.05, 4.69) is 0 Å². The van der Waals surface area contributed by atoms with Gasteiger partial charge in [0, 0.05) is 11.1 Å². The summed E-state index contributed by atoms with van der Waals surface area (Å²) in [6.45, 7) is 0. The predicted octanol–water partition coefficient (Wildman–Crippen LogP) is 2.53. The molecule has 0 saturated heterocycles. The van der Waals surface area contributed by atoms with Crippen LogP contribution in [-0.4, -0.2) is 0 Å². The molecule has 14 heavy (non-hydrogen) atoms. The molecule has 2 N–H and O–H groups in total. The van der Waals surface area contributed by atoms with Crippen molar-refractivity contribution in [2.45, 2.75) is 12.5 Å². The summed E-state index contributed by atoms with van der Waals surface area (Å²) >= 11 is 5.64. The third-order valence-electron chi connectivity index (χ3n) is 1.75. The molecule has 5 heteroatoms. The molecule has 0 amide bonds. The lowest BCUT2D eigenvalue weighted by Gasteiger charge is -2.10. The van der Waals surface area contributed by atoms with Crippen LogP contribution < -0.4 is 5.73 Å². The monoisotopic (exact) mass is 216 g/mol. The number of nitrogens with zero attached hydrogens (tertiary/aromatic N) is 1. The van der Waals surface area contributed by atoms with Crippen LogP contribution in [-0.2, 0) is 0 Å². The molecule has 0 aliphatic rings. The van der Waals surface area contributed by atoms with Crippen LogP contribution in [0.2, 0.25) is 5.02 Å². The zero-order chi connectivity index (χ0) is 10.7. The molecule has 0 fully saturated rings. The van der Waals surface area contributed by atoms with E-state index in [1.54, 1.807) is 0 Å². The summed E-state index contributed by atoms with van der Waals surface area (Å²) in [4.78, 5) is 0. The van der Waals surface area contributed by atoms with Gasteiger partial charge in [-0.1, -0.05) is 11.6 Å². The van der Waals surface area contributed by atoms with Crippen molar-refractivity contribution in [2.75, 3.05) is 0 Å². The second-order valence-electron chi connectivity index (χ2n) is 2.76. The zero-order valence-corrected chi connectivity index (χ0v) is 7.85. The van der Waals surface area contributed by atoms with Crippen LogP contribution in [0.4, 0.5) is 8.78 Å². The van der Waals surface area contributed by atoms with Gasteiger partial charge in [0.2, 0.25) is 0 Å². The van der Waals surface area contributed by atoms with Crippen LogP contribution in [0.5, 0.6) is 0 Å². The molecule has 0 saturated carbocycles. The van der Waals surface area contributed by atoms with Gasteiger partial charge in [-0.25, -0.2) is 8.78 Å². The Hall–Kier alpha value is -1.18. The van der Waals surface area contributed by atoms with Gasteiger partial charge in [-0.05, 0) is 17.7 Å². The smallest absolute Gasteiger partial charge is 0.160 e. The number of nitriles is 1. The Bertz CT molecular complexity index is 387. The number of nitrogens with two attached hydrogens (primary N) is 1. The fourth-order valence-corrected chi connectivity index (χ4v) is 1.32. The third kappa shape index (κ3) is 2.19. The summed E-state index contributed by atoms with van der Waals surface area (Å²) < 4.78 is 25.4. The van der Waals surface area contributed by atoms with E-state index >= 15 is 0 Å². The van der Waals surface area contributed by atoms with E-state index in [0.29, 0.717) is 0 Å². The Balaban J connectivity index is 3.10. The Morgan fingerprint density at radius 1 is 1.43 bits per heavy atom. The summed E-state index contributed by atoms with van der Waals surface area (Å²) in [5, 5.41) is 8.41. The molecular weight excluding hydrogens is 210 g/mol. The quantitative estimate of drug-likeness (QED) is 0.773. The molecule has 0 spiro atoms. The summed E-state index contributed by atoms with van der Waals surface area (Å²) in [7, 11) is 0. The first-order valence-corrected chi connectivity index (χ1v) is 4.21. The van der Waals surface area contributed by atoms with Crippen molar-refractivity contribution in [1.82, 2.24) is 0 Å². The van der Waals surface area contributed by atoms with Crippen molar-refractivity contribution in [3.63, 3.8) is 0 Å². The fourth-order valence-electron chi connectivity index (χ4n) is 1.03. The minimum atomic E-state index is -1.03. The topological polar surface area (TPSA) is 49.8 Å². The number of hydrogen-bond acceptors (Lipinski definition) is 2. The summed E-state index contributed by atoms with van der Waals surface area (Å²) in [6.07, 6.45) is 0.00475. The van der Waals surface area contributed by atoms with E-state index in [1.165, 1.54) is 0 Å². The normalized spacial score (nSPS) is 12.2. The van der Waals surface area contributed by atoms with E-state index in [-0.39, 0.29) is 17.0 Å². The molecule has 2 nitrogen and oxygen atoms in total. The zero-order valence-electron chi connectivity index (χ0n) is 7.10. The highest BCUT2D eigenvalue weighted by molar-refractivity contribution is 6.31. The maximum Gasteiger partial charge on any atom is 0.160 e. The molecule has 1 atom stereocenters. The van der Waals surface area contributed by atoms with Gasteiger partial charge < -0.3 is 5.73 Å². The van der Waals surface area contributed by atoms with Gasteiger partial charge in [-0.3, -0.25) is 0 Å². The van der Waals surface area contributed by atoms with Gasteiger partial charge in [0.25, 0.3) is 0 Å². The Kier molecular flexibility index (Phi) is 3.39. The van der Waals surface area contributed by atoms with Crippen molar-refractivity contribution in [1.29, 1.82) is 5.26 Å². The first-order valence-electron chi connectivity index (χ1n) is 3.83. The molecule has 0 radical (unpaired) electrons. The highest BCUT2D eigenvalue weighted by atomic mass is 35.5. The molecule has 1 aromatic carbocycles. The standard InChI is InChI=1S/C9H7ClF2N2/c10-6-4-8(12)7(11)3-5(6)9(14)1-2-13/h3-4,9H,1,14H2. The van der Waals surface area contributed by atoms with Gasteiger partial charge in [-0.15, -0.1) is 0 Å². The van der Waals surface area contributed by atoms with Crippen LogP contribution in [0.25, 0.3) is 0 Å². The molecule has 1 rings (SSSR count). The molecule has 0 aromatic heterocycles. The maximum absolute atomic E-state index is 12.8. The predicted molar refractivity (Wildman–Crippen MR) is 48.5 cm³/mol. The molecule has 74 valence electrons. The van der Waals surface area contributed by atoms with Crippen molar-refractivity contribution in [2.24, 2.45) is 5.73 Å². The molecule has 0 aliphatic carbocycles. The summed E-state index contributed by atoms with van der Waals surface area (Å²) in [5.74, 6) is -2.04. The highest BCUT2D eigenvalue weighted by Gasteiger charge is 2.13. The van der Waals surface area contributed by atoms with Crippen molar-refractivity contribution in [3.05, 3.63) is 34.4 Å². The number of halogens is 3. The maximum atomic E-state index is 12.8. The summed E-state index contributed by atoms with van der Waals surface area (Å²) in [5.41, 5.74) is 5.77. The lowest BCUT2D eigenvalue weighted by molar-refractivity contribution is 0.505. The van der Waals surface area contributed by atoms with Crippen molar-refractivity contribution in [3.8, 4) is 6.07 Å². The van der Waals surface area contributed by atoms with Gasteiger partial charge in [0.1, 0.15) is 0 Å². The van der Waals surface area contributed by atoms with Crippen LogP contribution in [0.1, 0.15) is 18.0 Å². The first-order chi connectivity index (χ1) is 6.56. The van der Waals surface area contributed by atoms with E-state index in [9.17, 15) is 8.78 Å². The Morgan fingerprint density at radius 3 is 2.57 bits per heavy atom. The summed E-state index contributed by atoms with van der Waals surface area (Å²) in [6, 6.07) is 2.90. The molecule has 1 unspecified atom stereocenters. The molecule has 0 heterocycles. The minimum Gasteiger partial charge on any atom is -0.323 e. The number of rotatable bonds is 2. The van der Waals surface area contributed by atoms with Crippen molar-refractivity contribution >= 4 is 11.6 Å². The lowest BCUT2D eigenvalue weighted by Crippen LogP contribution is -2.10. The largest absolute Gasteiger partial charge is 0.323 e. The molecule has 0 aliphatic heterocycles. The van der Waals surface area contributed by atoms with E-state index in [0.717, 1.165) is 12.1 Å². The second-order valence-corrected chi connectivity index (χ2v) is 3.16. The molecule has 1 aromatic rings. The van der Waals surface area contributed by atoms with Gasteiger partial charge in [0.15, 0.2) is 11.6 Å². The Morgan fingerprint density at radius 2 is 2.00 bits per heavy atom. The van der Waals surface area contributed by atoms with Crippen LogP contribution in [0.15, 0.2) is 12.1 Å². The first kappa shape index (κ1) is 10.9. The highest BCUT2D eigenvalue weighted by Crippen LogP contribution is 2.25. The van der Waals surface area contributed by atoms with E-state index in [4.69, 9.17) is 22.6 Å². The SMILES string of the molecule is N#CCC(N)c1cc(F)c(F)cc1Cl. The second kappa shape index (κ2) is 4.36. The minimum absolute atomic E-state index is 0.00475. The van der Waals surface area contributed by atoms with Gasteiger partial charge >= 0.3 is 0 Å². The van der Waals surface area contributed by atoms with E-state index in [1.807, 2.05) is 6.07 Å². The number of hydrogen-bond donors (Lipinski definition) is 1. The average molecular weight is 217 g/mol. The van der Waals surface area contributed by atoms with Crippen molar-refractivity contribution < 1.29 is 8.78 Å². The van der Waals surface area contributed by atoms with E-state index < -0.39 is 17.7 Å². The molecule has 0 bridgehead atoms. The van der Waals surface area contributed by atoms with Crippen LogP contribution in [0.3, 0.4) is 0 Å². The molecular formula is C9H7ClF2N2. The lowest BCUT2D eigenvalue weighted by atomic mass is 10.1. The number of benzene rings is 1. The third-order valence-corrected chi connectivity index (χ3v) is 2.08.